The van der Waals surface area contributed by atoms with E-state index in [0.29, 0.717) is 12.0 Å². The first-order valence-electron chi connectivity index (χ1n) is 11.8. The Morgan fingerprint density at radius 3 is 2.73 bits per heavy atom. The Kier molecular flexibility index (Phi) is 5.85. The number of piperidine rings is 1. The van der Waals surface area contributed by atoms with E-state index < -0.39 is 6.10 Å². The Hall–Kier alpha value is -2.89. The van der Waals surface area contributed by atoms with Crippen molar-refractivity contribution >= 4 is 16.7 Å². The second-order valence-corrected chi connectivity index (χ2v) is 9.75. The van der Waals surface area contributed by atoms with Crippen LogP contribution in [0.4, 0.5) is 0 Å². The molecule has 2 N–H and O–H groups in total. The zero-order valence-electron chi connectivity index (χ0n) is 19.3. The van der Waals surface area contributed by atoms with Gasteiger partial charge in [0, 0.05) is 29.5 Å². The minimum absolute atomic E-state index is 0.0786. The van der Waals surface area contributed by atoms with Crippen LogP contribution >= 0.6 is 0 Å². The number of carbonyl (C=O) groups excluding carboxylic acids is 1. The third kappa shape index (κ3) is 4.11. The number of aliphatic hydroxyl groups is 1. The zero-order chi connectivity index (χ0) is 23.0. The Morgan fingerprint density at radius 1 is 1.09 bits per heavy atom. The highest BCUT2D eigenvalue weighted by Crippen LogP contribution is 2.49. The van der Waals surface area contributed by atoms with Crippen LogP contribution in [-0.2, 0) is 5.41 Å². The number of methoxy groups -OCH3 is 1. The first-order valence-corrected chi connectivity index (χ1v) is 11.8. The molecule has 4 atom stereocenters. The lowest BCUT2D eigenvalue weighted by molar-refractivity contribution is -0.0420. The Balaban J connectivity index is 1.43. The van der Waals surface area contributed by atoms with Gasteiger partial charge in [0.05, 0.1) is 13.2 Å². The molecule has 3 aromatic rings. The van der Waals surface area contributed by atoms with Gasteiger partial charge in [-0.15, -0.1) is 0 Å². The Morgan fingerprint density at radius 2 is 1.91 bits per heavy atom. The fourth-order valence-electron chi connectivity index (χ4n) is 6.02. The molecule has 3 aromatic carbocycles. The van der Waals surface area contributed by atoms with Crippen molar-refractivity contribution in [1.82, 2.24) is 10.2 Å². The SMILES string of the molecule is COc1cccc([C@@]23CCN(C)C[C@H]2C(O)C[C@@H](NC(=O)c2ccc4ccccc4c2)C3)c1. The highest BCUT2D eigenvalue weighted by molar-refractivity contribution is 5.98. The zero-order valence-corrected chi connectivity index (χ0v) is 19.3. The number of rotatable bonds is 4. The van der Waals surface area contributed by atoms with Crippen molar-refractivity contribution in [3.05, 3.63) is 77.9 Å². The van der Waals surface area contributed by atoms with Gasteiger partial charge in [-0.1, -0.05) is 42.5 Å². The summed E-state index contributed by atoms with van der Waals surface area (Å²) in [6.45, 7) is 1.81. The van der Waals surface area contributed by atoms with E-state index in [0.717, 1.165) is 42.5 Å². The van der Waals surface area contributed by atoms with E-state index in [1.54, 1.807) is 7.11 Å². The molecule has 0 spiro atoms. The highest BCUT2D eigenvalue weighted by Gasteiger charge is 2.51. The van der Waals surface area contributed by atoms with Crippen LogP contribution < -0.4 is 10.1 Å². The van der Waals surface area contributed by atoms with E-state index in [1.165, 1.54) is 5.56 Å². The molecule has 1 aliphatic heterocycles. The summed E-state index contributed by atoms with van der Waals surface area (Å²) in [6, 6.07) is 22.0. The number of hydrogen-bond acceptors (Lipinski definition) is 4. The molecule has 0 aromatic heterocycles. The summed E-state index contributed by atoms with van der Waals surface area (Å²) in [7, 11) is 3.81. The molecule has 2 aliphatic rings. The number of carbonyl (C=O) groups is 1. The van der Waals surface area contributed by atoms with Crippen LogP contribution in [0.25, 0.3) is 10.8 Å². The summed E-state index contributed by atoms with van der Waals surface area (Å²) < 4.78 is 5.51. The summed E-state index contributed by atoms with van der Waals surface area (Å²) in [5, 5.41) is 16.7. The molecule has 5 heteroatoms. The van der Waals surface area contributed by atoms with E-state index >= 15 is 0 Å². The topological polar surface area (TPSA) is 61.8 Å². The molecular weight excluding hydrogens is 412 g/mol. The maximum Gasteiger partial charge on any atom is 0.251 e. The first-order chi connectivity index (χ1) is 16.0. The number of nitrogens with one attached hydrogen (secondary N) is 1. The van der Waals surface area contributed by atoms with Crippen molar-refractivity contribution in [2.45, 2.75) is 36.8 Å². The maximum absolute atomic E-state index is 13.2. The molecule has 1 saturated heterocycles. The number of likely N-dealkylation sites (tertiary alicyclic amines) is 1. The smallest absolute Gasteiger partial charge is 0.251 e. The average molecular weight is 445 g/mol. The van der Waals surface area contributed by atoms with Gasteiger partial charge < -0.3 is 20.1 Å². The number of benzene rings is 3. The fourth-order valence-corrected chi connectivity index (χ4v) is 6.02. The van der Waals surface area contributed by atoms with E-state index in [4.69, 9.17) is 4.74 Å². The normalized spacial score (nSPS) is 27.7. The summed E-state index contributed by atoms with van der Waals surface area (Å²) in [5.74, 6) is 0.874. The predicted octanol–water partition coefficient (Wildman–Crippen LogP) is 3.99. The monoisotopic (exact) mass is 444 g/mol. The number of hydrogen-bond donors (Lipinski definition) is 2. The lowest BCUT2D eigenvalue weighted by Crippen LogP contribution is -2.60. The van der Waals surface area contributed by atoms with Crippen LogP contribution in [0.5, 0.6) is 5.75 Å². The van der Waals surface area contributed by atoms with Crippen molar-refractivity contribution in [2.75, 3.05) is 27.2 Å². The largest absolute Gasteiger partial charge is 0.497 e. The number of fused-ring (bicyclic) bond motifs is 2. The second-order valence-electron chi connectivity index (χ2n) is 9.75. The van der Waals surface area contributed by atoms with Gasteiger partial charge in [0.25, 0.3) is 5.91 Å². The molecule has 1 saturated carbocycles. The molecule has 0 bridgehead atoms. The minimum Gasteiger partial charge on any atom is -0.497 e. The Labute approximate surface area is 195 Å². The van der Waals surface area contributed by atoms with Crippen LogP contribution in [0.1, 0.15) is 35.2 Å². The minimum atomic E-state index is -0.477. The van der Waals surface area contributed by atoms with Crippen LogP contribution in [0.3, 0.4) is 0 Å². The summed E-state index contributed by atoms with van der Waals surface area (Å²) in [6.07, 6.45) is 1.86. The molecule has 1 aliphatic carbocycles. The standard InChI is InChI=1S/C28H32N2O3/c1-30-13-12-28(22-8-5-9-24(15-22)33-2)17-23(16-26(31)25(28)18-30)29-27(32)21-11-10-19-6-3-4-7-20(19)14-21/h3-11,14-15,23,25-26,31H,12-13,16-18H2,1-2H3,(H,29,32)/t23-,25+,26?,28+/m1/s1. The first kappa shape index (κ1) is 21.9. The van der Waals surface area contributed by atoms with Crippen molar-refractivity contribution in [1.29, 1.82) is 0 Å². The van der Waals surface area contributed by atoms with Gasteiger partial charge >= 0.3 is 0 Å². The van der Waals surface area contributed by atoms with Crippen molar-refractivity contribution < 1.29 is 14.6 Å². The van der Waals surface area contributed by atoms with E-state index in [1.807, 2.05) is 54.6 Å². The highest BCUT2D eigenvalue weighted by atomic mass is 16.5. The van der Waals surface area contributed by atoms with Gasteiger partial charge in [0.2, 0.25) is 0 Å². The van der Waals surface area contributed by atoms with Crippen LogP contribution in [-0.4, -0.2) is 55.3 Å². The van der Waals surface area contributed by atoms with Gasteiger partial charge in [0.15, 0.2) is 0 Å². The van der Waals surface area contributed by atoms with Gasteiger partial charge in [-0.25, -0.2) is 0 Å². The van der Waals surface area contributed by atoms with Crippen molar-refractivity contribution in [2.24, 2.45) is 5.92 Å². The van der Waals surface area contributed by atoms with Crippen LogP contribution in [0, 0.1) is 5.92 Å². The quantitative estimate of drug-likeness (QED) is 0.639. The van der Waals surface area contributed by atoms with Crippen LogP contribution in [0.2, 0.25) is 0 Å². The average Bonchev–Trinajstić information content (AvgIpc) is 2.84. The number of aliphatic hydroxyl groups excluding tert-OH is 1. The molecule has 5 nitrogen and oxygen atoms in total. The number of amides is 1. The molecule has 0 radical (unpaired) electrons. The third-order valence-corrected chi connectivity index (χ3v) is 7.75. The summed E-state index contributed by atoms with van der Waals surface area (Å²) in [4.78, 5) is 15.5. The molecule has 1 heterocycles. The number of ether oxygens (including phenoxy) is 1. The summed E-state index contributed by atoms with van der Waals surface area (Å²) >= 11 is 0. The van der Waals surface area contributed by atoms with Gasteiger partial charge in [-0.05, 0) is 73.5 Å². The molecule has 1 amide bonds. The number of nitrogens with zero attached hydrogens (tertiary/aromatic N) is 1. The van der Waals surface area contributed by atoms with E-state index in [-0.39, 0.29) is 23.3 Å². The lowest BCUT2D eigenvalue weighted by Gasteiger charge is -2.54. The van der Waals surface area contributed by atoms with Crippen molar-refractivity contribution in [3.63, 3.8) is 0 Å². The van der Waals surface area contributed by atoms with Gasteiger partial charge in [-0.3, -0.25) is 4.79 Å². The van der Waals surface area contributed by atoms with E-state index in [9.17, 15) is 9.90 Å². The van der Waals surface area contributed by atoms with Crippen molar-refractivity contribution in [3.8, 4) is 5.75 Å². The summed E-state index contributed by atoms with van der Waals surface area (Å²) in [5.41, 5.74) is 1.66. The Bertz CT molecular complexity index is 1160. The molecule has 2 fully saturated rings. The van der Waals surface area contributed by atoms with Gasteiger partial charge in [0.1, 0.15) is 5.75 Å². The molecule has 1 unspecified atom stereocenters. The molecule has 33 heavy (non-hydrogen) atoms. The lowest BCUT2D eigenvalue weighted by atomic mass is 9.57. The maximum atomic E-state index is 13.2. The van der Waals surface area contributed by atoms with Gasteiger partial charge in [-0.2, -0.15) is 0 Å². The van der Waals surface area contributed by atoms with E-state index in [2.05, 4.69) is 29.4 Å². The molecule has 5 rings (SSSR count). The predicted molar refractivity (Wildman–Crippen MR) is 131 cm³/mol. The fraction of sp³-hybridized carbons (Fsp3) is 0.393. The van der Waals surface area contributed by atoms with Crippen LogP contribution in [0.15, 0.2) is 66.7 Å². The second kappa shape index (κ2) is 8.81. The third-order valence-electron chi connectivity index (χ3n) is 7.75. The molecule has 172 valence electrons. The molecular formula is C28H32N2O3.